The summed E-state index contributed by atoms with van der Waals surface area (Å²) in [6.07, 6.45) is 14.3. The lowest BCUT2D eigenvalue weighted by Gasteiger charge is -2.30. The summed E-state index contributed by atoms with van der Waals surface area (Å²) in [5.41, 5.74) is 19.1. The van der Waals surface area contributed by atoms with Crippen molar-refractivity contribution in [3.8, 4) is 0 Å². The molecule has 3 nitrogen and oxygen atoms in total. The number of aryl methyl sites for hydroxylation is 1. The molecule has 4 heteroatoms. The largest absolute Gasteiger partial charge is 0.399 e. The van der Waals surface area contributed by atoms with E-state index in [0.29, 0.717) is 0 Å². The number of allylic oxidation sites excluding steroid dienone is 3. The molecule has 2 aliphatic carbocycles. The number of hydrogen-bond donors (Lipinski definition) is 1. The molecule has 10 rings (SSSR count). The normalized spacial score (nSPS) is 18.1. The quantitative estimate of drug-likeness (QED) is 0.198. The number of nitrogen functional groups attached to an aromatic ring is 1. The molecule has 3 heterocycles. The zero-order valence-electron chi connectivity index (χ0n) is 25.9. The van der Waals surface area contributed by atoms with Gasteiger partial charge < -0.3 is 15.2 Å². The van der Waals surface area contributed by atoms with Crippen LogP contribution in [0.2, 0.25) is 0 Å². The Morgan fingerprint density at radius 2 is 1.53 bits per heavy atom. The summed E-state index contributed by atoms with van der Waals surface area (Å²) in [6, 6.07) is 39.8. The fourth-order valence-electron chi connectivity index (χ4n) is 8.36. The van der Waals surface area contributed by atoms with Crippen LogP contribution in [0.4, 0.5) is 17.1 Å². The van der Waals surface area contributed by atoms with Crippen LogP contribution in [0.3, 0.4) is 0 Å². The van der Waals surface area contributed by atoms with Crippen LogP contribution in [-0.4, -0.2) is 10.6 Å². The average molecular weight is 624 g/mol. The number of fused-ring (bicyclic) bond motifs is 10. The van der Waals surface area contributed by atoms with Crippen LogP contribution in [-0.2, 0) is 13.0 Å². The van der Waals surface area contributed by atoms with E-state index in [1.807, 2.05) is 11.3 Å². The van der Waals surface area contributed by atoms with E-state index in [0.717, 1.165) is 25.1 Å². The summed E-state index contributed by atoms with van der Waals surface area (Å²) in [6.45, 7) is 0.745. The van der Waals surface area contributed by atoms with Gasteiger partial charge in [-0.15, -0.1) is 11.3 Å². The zero-order chi connectivity index (χ0) is 31.1. The molecule has 0 radical (unpaired) electrons. The Morgan fingerprint density at radius 3 is 2.34 bits per heavy atom. The van der Waals surface area contributed by atoms with Gasteiger partial charge in [-0.25, -0.2) is 0 Å². The van der Waals surface area contributed by atoms with Gasteiger partial charge in [0.2, 0.25) is 0 Å². The number of para-hydroxylation sites is 3. The summed E-state index contributed by atoms with van der Waals surface area (Å²) in [4.78, 5) is 3.98. The van der Waals surface area contributed by atoms with Crippen LogP contribution >= 0.6 is 11.3 Å². The first kappa shape index (κ1) is 26.9. The van der Waals surface area contributed by atoms with Crippen molar-refractivity contribution in [3.63, 3.8) is 0 Å². The number of thiophene rings is 1. The Morgan fingerprint density at radius 1 is 0.766 bits per heavy atom. The van der Waals surface area contributed by atoms with Gasteiger partial charge in [0, 0.05) is 66.5 Å². The van der Waals surface area contributed by atoms with E-state index in [9.17, 15) is 0 Å². The Hall–Kier alpha value is -5.32. The molecular formula is C43H33N3S. The number of nitrogens with zero attached hydrogens (tertiary/aromatic N) is 2. The van der Waals surface area contributed by atoms with Crippen LogP contribution < -0.4 is 10.6 Å². The average Bonchev–Trinajstić information content (AvgIpc) is 3.76. The number of aromatic nitrogens is 1. The smallest absolute Gasteiger partial charge is 0.0630 e. The van der Waals surface area contributed by atoms with E-state index < -0.39 is 0 Å². The standard InChI is InChI=1S/C43H33N3S/c44-29-19-20-31(28(24-29)26-45-37-15-7-4-12-32(37)33-13-5-8-16-38(33)45)27-18-22-39-36(25-27)42-40(46(39)30-10-2-1-3-11-30)23-21-35-34-14-6-9-17-41(34)47-43(35)42/h1-5,7-13,15-25,36,39H,6,14,26,44H2. The maximum absolute atomic E-state index is 6.50. The van der Waals surface area contributed by atoms with Gasteiger partial charge in [-0.05, 0) is 89.0 Å². The Labute approximate surface area is 278 Å². The maximum Gasteiger partial charge on any atom is 0.0630 e. The van der Waals surface area contributed by atoms with Crippen molar-refractivity contribution in [1.29, 1.82) is 0 Å². The molecule has 0 spiro atoms. The summed E-state index contributed by atoms with van der Waals surface area (Å²) in [5, 5.41) is 4.01. The van der Waals surface area contributed by atoms with E-state index in [-0.39, 0.29) is 12.0 Å². The van der Waals surface area contributed by atoms with Crippen molar-refractivity contribution >= 4 is 71.9 Å². The molecule has 0 amide bonds. The van der Waals surface area contributed by atoms with Crippen LogP contribution in [0, 0.1) is 0 Å². The molecule has 2 aromatic heterocycles. The van der Waals surface area contributed by atoms with Crippen LogP contribution in [0.25, 0.3) is 43.5 Å². The number of anilines is 3. The predicted molar refractivity (Wildman–Crippen MR) is 201 cm³/mol. The van der Waals surface area contributed by atoms with Crippen molar-refractivity contribution in [2.75, 3.05) is 10.6 Å². The number of hydrogen-bond acceptors (Lipinski definition) is 3. The lowest BCUT2D eigenvalue weighted by molar-refractivity contribution is 0.749. The van der Waals surface area contributed by atoms with Crippen LogP contribution in [0.5, 0.6) is 0 Å². The first-order valence-corrected chi connectivity index (χ1v) is 17.4. The molecule has 47 heavy (non-hydrogen) atoms. The van der Waals surface area contributed by atoms with E-state index in [1.54, 1.807) is 0 Å². The monoisotopic (exact) mass is 623 g/mol. The molecule has 226 valence electrons. The van der Waals surface area contributed by atoms with Gasteiger partial charge in [-0.1, -0.05) is 91.0 Å². The number of nitrogens with two attached hydrogens (primary N) is 1. The zero-order valence-corrected chi connectivity index (χ0v) is 26.8. The Balaban J connectivity index is 1.14. The minimum absolute atomic E-state index is 0.214. The van der Waals surface area contributed by atoms with Crippen molar-refractivity contribution in [2.45, 2.75) is 31.3 Å². The molecule has 0 saturated carbocycles. The van der Waals surface area contributed by atoms with E-state index in [2.05, 4.69) is 149 Å². The molecule has 2 unspecified atom stereocenters. The van der Waals surface area contributed by atoms with Crippen molar-refractivity contribution in [2.24, 2.45) is 0 Å². The van der Waals surface area contributed by atoms with E-state index in [1.165, 1.54) is 76.0 Å². The van der Waals surface area contributed by atoms with Crippen LogP contribution in [0.15, 0.2) is 133 Å². The predicted octanol–water partition coefficient (Wildman–Crippen LogP) is 10.9. The second-order valence-electron chi connectivity index (χ2n) is 13.0. The molecule has 0 fully saturated rings. The summed E-state index contributed by atoms with van der Waals surface area (Å²) in [7, 11) is 0. The van der Waals surface area contributed by atoms with Gasteiger partial charge in [0.1, 0.15) is 0 Å². The molecule has 3 aliphatic rings. The summed E-state index contributed by atoms with van der Waals surface area (Å²) >= 11 is 1.98. The van der Waals surface area contributed by atoms with Gasteiger partial charge in [0.15, 0.2) is 0 Å². The lowest BCUT2D eigenvalue weighted by Crippen LogP contribution is -2.29. The van der Waals surface area contributed by atoms with Gasteiger partial charge in [0.25, 0.3) is 0 Å². The topological polar surface area (TPSA) is 34.2 Å². The van der Waals surface area contributed by atoms with Gasteiger partial charge in [-0.3, -0.25) is 0 Å². The molecule has 1 aliphatic heterocycles. The molecular weight excluding hydrogens is 591 g/mol. The lowest BCUT2D eigenvalue weighted by atomic mass is 9.84. The van der Waals surface area contributed by atoms with Gasteiger partial charge in [-0.2, -0.15) is 0 Å². The fourth-order valence-corrected chi connectivity index (χ4v) is 9.74. The first-order chi connectivity index (χ1) is 23.2. The second kappa shape index (κ2) is 10.3. The fraction of sp³-hybridized carbons (Fsp3) is 0.116. The van der Waals surface area contributed by atoms with Gasteiger partial charge >= 0.3 is 0 Å². The van der Waals surface area contributed by atoms with Crippen molar-refractivity contribution < 1.29 is 0 Å². The summed E-state index contributed by atoms with van der Waals surface area (Å²) in [5.74, 6) is 0.233. The van der Waals surface area contributed by atoms with Crippen molar-refractivity contribution in [1.82, 2.24) is 4.57 Å². The van der Waals surface area contributed by atoms with Crippen molar-refractivity contribution in [3.05, 3.63) is 161 Å². The van der Waals surface area contributed by atoms with E-state index >= 15 is 0 Å². The Bertz CT molecular complexity index is 2420. The molecule has 2 atom stereocenters. The molecule has 0 saturated heterocycles. The highest BCUT2D eigenvalue weighted by Gasteiger charge is 2.40. The first-order valence-electron chi connectivity index (χ1n) is 16.6. The molecule has 0 bridgehead atoms. The SMILES string of the molecule is Nc1ccc(C2=CC3c4c(ccc5c6c(sc45)C=CCC6)N(c4ccccc4)C3C=C2)c(Cn2c3ccccc3c3ccccc32)c1. The van der Waals surface area contributed by atoms with Gasteiger partial charge in [0.05, 0.1) is 6.04 Å². The van der Waals surface area contributed by atoms with E-state index in [4.69, 9.17) is 5.73 Å². The highest BCUT2D eigenvalue weighted by atomic mass is 32.1. The third kappa shape index (κ3) is 4.04. The summed E-state index contributed by atoms with van der Waals surface area (Å²) < 4.78 is 3.90. The maximum atomic E-state index is 6.50. The highest BCUT2D eigenvalue weighted by Crippen LogP contribution is 2.54. The third-order valence-electron chi connectivity index (χ3n) is 10.4. The van der Waals surface area contributed by atoms with Crippen LogP contribution in [0.1, 0.15) is 39.5 Å². The molecule has 7 aromatic rings. The highest BCUT2D eigenvalue weighted by molar-refractivity contribution is 7.20. The number of rotatable bonds is 4. The Kier molecular flexibility index (Phi) is 5.91. The molecule has 5 aromatic carbocycles. The number of benzene rings is 5. The second-order valence-corrected chi connectivity index (χ2v) is 14.1. The molecule has 2 N–H and O–H groups in total. The minimum atomic E-state index is 0.214. The minimum Gasteiger partial charge on any atom is -0.399 e. The third-order valence-corrected chi connectivity index (χ3v) is 11.7.